The number of rotatable bonds is 10. The molecule has 0 bridgehead atoms. The van der Waals surface area contributed by atoms with Crippen LogP contribution in [0.4, 0.5) is 4.39 Å². The number of piperazine rings is 1. The van der Waals surface area contributed by atoms with E-state index in [2.05, 4.69) is 15.5 Å². The molecule has 0 aromatic heterocycles. The fourth-order valence-corrected chi connectivity index (χ4v) is 3.85. The standard InChI is InChI=1S/C22H28Cl2FN3O2/c1-2-29-21-13-16(14-27-8-11-28-9-6-26-7-10-28)12-19(24)22(21)30-15-17-18(23)4-3-5-20(17)25/h3-5,12-13,26-27H,2,6-11,14-15H2,1H3. The highest BCUT2D eigenvalue weighted by Crippen LogP contribution is 2.37. The molecule has 2 aromatic carbocycles. The molecule has 1 saturated heterocycles. The van der Waals surface area contributed by atoms with E-state index >= 15 is 0 Å². The van der Waals surface area contributed by atoms with Gasteiger partial charge in [0.2, 0.25) is 0 Å². The third-order valence-corrected chi connectivity index (χ3v) is 5.57. The van der Waals surface area contributed by atoms with Crippen molar-refractivity contribution in [1.29, 1.82) is 0 Å². The van der Waals surface area contributed by atoms with E-state index in [4.69, 9.17) is 32.7 Å². The SMILES string of the molecule is CCOc1cc(CNCCN2CCNCC2)cc(Cl)c1OCc1c(F)cccc1Cl. The molecule has 0 radical (unpaired) electrons. The molecule has 0 saturated carbocycles. The van der Waals surface area contributed by atoms with Crippen LogP contribution in [-0.4, -0.2) is 50.8 Å². The fraction of sp³-hybridized carbons (Fsp3) is 0.455. The molecule has 3 rings (SSSR count). The van der Waals surface area contributed by atoms with Crippen LogP contribution in [0.15, 0.2) is 30.3 Å². The highest BCUT2D eigenvalue weighted by molar-refractivity contribution is 6.32. The van der Waals surface area contributed by atoms with Gasteiger partial charge in [-0.25, -0.2) is 4.39 Å². The Kier molecular flexibility index (Phi) is 9.03. The van der Waals surface area contributed by atoms with Gasteiger partial charge in [-0.05, 0) is 36.8 Å². The zero-order valence-corrected chi connectivity index (χ0v) is 18.7. The Morgan fingerprint density at radius 1 is 1.13 bits per heavy atom. The van der Waals surface area contributed by atoms with Gasteiger partial charge in [-0.2, -0.15) is 0 Å². The first-order valence-corrected chi connectivity index (χ1v) is 11.0. The molecule has 1 heterocycles. The third-order valence-electron chi connectivity index (χ3n) is 4.94. The van der Waals surface area contributed by atoms with E-state index in [0.717, 1.165) is 44.8 Å². The Hall–Kier alpha value is -1.57. The second-order valence-electron chi connectivity index (χ2n) is 7.10. The van der Waals surface area contributed by atoms with Crippen LogP contribution < -0.4 is 20.1 Å². The average Bonchev–Trinajstić information content (AvgIpc) is 2.73. The largest absolute Gasteiger partial charge is 0.490 e. The molecule has 30 heavy (non-hydrogen) atoms. The first kappa shape index (κ1) is 23.1. The van der Waals surface area contributed by atoms with Crippen molar-refractivity contribution in [2.75, 3.05) is 45.9 Å². The highest BCUT2D eigenvalue weighted by Gasteiger charge is 2.15. The van der Waals surface area contributed by atoms with E-state index < -0.39 is 5.82 Å². The summed E-state index contributed by atoms with van der Waals surface area (Å²) in [6.07, 6.45) is 0. The Morgan fingerprint density at radius 3 is 2.67 bits per heavy atom. The first-order valence-electron chi connectivity index (χ1n) is 10.2. The van der Waals surface area contributed by atoms with Crippen LogP contribution in [0.1, 0.15) is 18.1 Å². The predicted molar refractivity (Wildman–Crippen MR) is 119 cm³/mol. The Labute approximate surface area is 187 Å². The summed E-state index contributed by atoms with van der Waals surface area (Å²) in [5, 5.41) is 7.55. The second kappa shape index (κ2) is 11.7. The maximum Gasteiger partial charge on any atom is 0.180 e. The minimum Gasteiger partial charge on any atom is -0.490 e. The molecular formula is C22H28Cl2FN3O2. The van der Waals surface area contributed by atoms with E-state index in [9.17, 15) is 4.39 Å². The number of nitrogens with zero attached hydrogens (tertiary/aromatic N) is 1. The number of benzene rings is 2. The van der Waals surface area contributed by atoms with Gasteiger partial charge in [0.25, 0.3) is 0 Å². The Morgan fingerprint density at radius 2 is 1.93 bits per heavy atom. The monoisotopic (exact) mass is 455 g/mol. The number of nitrogens with one attached hydrogen (secondary N) is 2. The van der Waals surface area contributed by atoms with Crippen LogP contribution in [0.25, 0.3) is 0 Å². The van der Waals surface area contributed by atoms with Crippen molar-refractivity contribution in [3.63, 3.8) is 0 Å². The van der Waals surface area contributed by atoms with Gasteiger partial charge in [0.1, 0.15) is 12.4 Å². The first-order chi connectivity index (χ1) is 14.6. The summed E-state index contributed by atoms with van der Waals surface area (Å²) < 4.78 is 25.6. The zero-order chi connectivity index (χ0) is 21.3. The number of hydrogen-bond acceptors (Lipinski definition) is 5. The lowest BCUT2D eigenvalue weighted by molar-refractivity contribution is 0.241. The lowest BCUT2D eigenvalue weighted by Gasteiger charge is -2.27. The molecular weight excluding hydrogens is 428 g/mol. The minimum atomic E-state index is -0.415. The zero-order valence-electron chi connectivity index (χ0n) is 17.1. The third kappa shape index (κ3) is 6.46. The average molecular weight is 456 g/mol. The van der Waals surface area contributed by atoms with Crippen LogP contribution >= 0.6 is 23.2 Å². The summed E-state index contributed by atoms with van der Waals surface area (Å²) in [5.41, 5.74) is 1.29. The molecule has 0 unspecified atom stereocenters. The maximum absolute atomic E-state index is 14.0. The minimum absolute atomic E-state index is 0.0341. The lowest BCUT2D eigenvalue weighted by Crippen LogP contribution is -2.45. The van der Waals surface area contributed by atoms with Gasteiger partial charge in [-0.15, -0.1) is 0 Å². The molecule has 8 heteroatoms. The number of halogens is 3. The van der Waals surface area contributed by atoms with Gasteiger partial charge >= 0.3 is 0 Å². The van der Waals surface area contributed by atoms with Gasteiger partial charge in [0, 0.05) is 51.4 Å². The summed E-state index contributed by atoms with van der Waals surface area (Å²) >= 11 is 12.6. The normalized spacial score (nSPS) is 14.7. The van der Waals surface area contributed by atoms with E-state index in [-0.39, 0.29) is 12.2 Å². The van der Waals surface area contributed by atoms with Crippen molar-refractivity contribution in [2.24, 2.45) is 0 Å². The van der Waals surface area contributed by atoms with Gasteiger partial charge in [0.15, 0.2) is 11.5 Å². The van der Waals surface area contributed by atoms with Gasteiger partial charge < -0.3 is 20.1 Å². The lowest BCUT2D eigenvalue weighted by atomic mass is 10.2. The predicted octanol–water partition coefficient (Wildman–Crippen LogP) is 4.11. The maximum atomic E-state index is 14.0. The molecule has 0 amide bonds. The molecule has 0 aliphatic carbocycles. The molecule has 2 N–H and O–H groups in total. The smallest absolute Gasteiger partial charge is 0.180 e. The van der Waals surface area contributed by atoms with Gasteiger partial charge in [-0.3, -0.25) is 4.90 Å². The van der Waals surface area contributed by atoms with E-state index in [1.165, 1.54) is 6.07 Å². The van der Waals surface area contributed by atoms with Gasteiger partial charge in [-0.1, -0.05) is 29.3 Å². The summed E-state index contributed by atoms with van der Waals surface area (Å²) in [4.78, 5) is 2.44. The number of ether oxygens (including phenoxy) is 2. The second-order valence-corrected chi connectivity index (χ2v) is 7.91. The van der Waals surface area contributed by atoms with Crippen LogP contribution in [0.3, 0.4) is 0 Å². The van der Waals surface area contributed by atoms with Crippen LogP contribution in [0, 0.1) is 5.82 Å². The molecule has 1 aliphatic heterocycles. The number of hydrogen-bond donors (Lipinski definition) is 2. The van der Waals surface area contributed by atoms with E-state index in [1.807, 2.05) is 19.1 Å². The van der Waals surface area contributed by atoms with E-state index in [0.29, 0.717) is 34.7 Å². The molecule has 5 nitrogen and oxygen atoms in total. The Balaban J connectivity index is 1.61. The summed E-state index contributed by atoms with van der Waals surface area (Å²) in [6.45, 7) is 9.17. The molecule has 1 aliphatic rings. The fourth-order valence-electron chi connectivity index (χ4n) is 3.35. The summed E-state index contributed by atoms with van der Waals surface area (Å²) in [5.74, 6) is 0.514. The van der Waals surface area contributed by atoms with Crippen LogP contribution in [0.2, 0.25) is 10.0 Å². The van der Waals surface area contributed by atoms with Crippen molar-refractivity contribution in [1.82, 2.24) is 15.5 Å². The van der Waals surface area contributed by atoms with Crippen LogP contribution in [-0.2, 0) is 13.2 Å². The molecule has 0 spiro atoms. The molecule has 164 valence electrons. The van der Waals surface area contributed by atoms with Crippen molar-refractivity contribution in [3.8, 4) is 11.5 Å². The van der Waals surface area contributed by atoms with Crippen molar-refractivity contribution < 1.29 is 13.9 Å². The van der Waals surface area contributed by atoms with Crippen molar-refractivity contribution in [2.45, 2.75) is 20.1 Å². The molecule has 0 atom stereocenters. The van der Waals surface area contributed by atoms with Crippen molar-refractivity contribution in [3.05, 3.63) is 57.3 Å². The topological polar surface area (TPSA) is 45.8 Å². The molecule has 2 aromatic rings. The van der Waals surface area contributed by atoms with E-state index in [1.54, 1.807) is 12.1 Å². The molecule has 1 fully saturated rings. The van der Waals surface area contributed by atoms with Crippen LogP contribution in [0.5, 0.6) is 11.5 Å². The highest BCUT2D eigenvalue weighted by atomic mass is 35.5. The quantitative estimate of drug-likeness (QED) is 0.527. The summed E-state index contributed by atoms with van der Waals surface area (Å²) in [6, 6.07) is 8.30. The summed E-state index contributed by atoms with van der Waals surface area (Å²) in [7, 11) is 0. The van der Waals surface area contributed by atoms with Gasteiger partial charge in [0.05, 0.1) is 16.7 Å². The Bertz CT molecular complexity index is 812. The van der Waals surface area contributed by atoms with Crippen molar-refractivity contribution >= 4 is 23.2 Å².